The molecule has 0 aliphatic heterocycles. The third kappa shape index (κ3) is 4.27. The van der Waals surface area contributed by atoms with Gasteiger partial charge in [-0.15, -0.1) is 5.10 Å². The van der Waals surface area contributed by atoms with Gasteiger partial charge in [0.2, 0.25) is 11.8 Å². The molecular formula is C27H28N8O4. The van der Waals surface area contributed by atoms with Crippen molar-refractivity contribution in [2.75, 3.05) is 5.73 Å². The Morgan fingerprint density at radius 1 is 1.08 bits per heavy atom. The van der Waals surface area contributed by atoms with Crippen LogP contribution in [-0.4, -0.2) is 53.4 Å². The summed E-state index contributed by atoms with van der Waals surface area (Å²) >= 11 is 0. The quantitative estimate of drug-likeness (QED) is 0.316. The van der Waals surface area contributed by atoms with Gasteiger partial charge < -0.3 is 20.2 Å². The fourth-order valence-electron chi connectivity index (χ4n) is 5.24. The molecule has 6 rings (SSSR count). The first-order chi connectivity index (χ1) is 18.8. The highest BCUT2D eigenvalue weighted by Gasteiger charge is 2.41. The molecule has 39 heavy (non-hydrogen) atoms. The first-order valence-electron chi connectivity index (χ1n) is 12.8. The van der Waals surface area contributed by atoms with E-state index in [2.05, 4.69) is 25.5 Å². The molecule has 1 atom stereocenters. The zero-order valence-electron chi connectivity index (χ0n) is 21.6. The summed E-state index contributed by atoms with van der Waals surface area (Å²) in [7, 11) is 0. The van der Waals surface area contributed by atoms with E-state index >= 15 is 0 Å². The van der Waals surface area contributed by atoms with Crippen molar-refractivity contribution in [1.82, 2.24) is 34.7 Å². The van der Waals surface area contributed by atoms with Crippen molar-refractivity contribution in [2.24, 2.45) is 0 Å². The van der Waals surface area contributed by atoms with Gasteiger partial charge in [0.15, 0.2) is 22.6 Å². The topological polar surface area (TPSA) is 155 Å². The Kier molecular flexibility index (Phi) is 6.01. The van der Waals surface area contributed by atoms with Crippen LogP contribution in [0.3, 0.4) is 0 Å². The predicted molar refractivity (Wildman–Crippen MR) is 141 cm³/mol. The van der Waals surface area contributed by atoms with E-state index in [1.807, 2.05) is 37.3 Å². The molecule has 3 N–H and O–H groups in total. The zero-order chi connectivity index (χ0) is 27.1. The molecule has 4 aromatic heterocycles. The number of carbonyl (C=O) groups excluding carboxylic acids is 2. The van der Waals surface area contributed by atoms with E-state index in [1.54, 1.807) is 29.3 Å². The molecule has 1 fully saturated rings. The number of hydrogen-bond acceptors (Lipinski definition) is 9. The first kappa shape index (κ1) is 24.6. The number of nitrogens with one attached hydrogen (secondary N) is 1. The van der Waals surface area contributed by atoms with E-state index in [9.17, 15) is 9.59 Å². The third-order valence-electron chi connectivity index (χ3n) is 7.31. The Bertz CT molecular complexity index is 1650. The van der Waals surface area contributed by atoms with Crippen LogP contribution in [-0.2, 0) is 19.9 Å². The van der Waals surface area contributed by atoms with Gasteiger partial charge in [-0.2, -0.15) is 14.6 Å². The van der Waals surface area contributed by atoms with Gasteiger partial charge in [0.1, 0.15) is 6.10 Å². The van der Waals surface area contributed by atoms with Crippen LogP contribution < -0.4 is 11.1 Å². The minimum atomic E-state index is -1.25. The van der Waals surface area contributed by atoms with Crippen molar-refractivity contribution in [1.29, 1.82) is 0 Å². The highest BCUT2D eigenvalue weighted by atomic mass is 16.5. The number of amides is 1. The highest BCUT2D eigenvalue weighted by Crippen LogP contribution is 2.32. The largest absolute Gasteiger partial charge is 0.463 e. The second-order valence-corrected chi connectivity index (χ2v) is 9.91. The summed E-state index contributed by atoms with van der Waals surface area (Å²) < 4.78 is 13.8. The predicted octanol–water partition coefficient (Wildman–Crippen LogP) is 3.07. The van der Waals surface area contributed by atoms with Gasteiger partial charge in [-0.05, 0) is 50.3 Å². The smallest absolute Gasteiger partial charge is 0.302 e. The minimum absolute atomic E-state index is 0.0637. The van der Waals surface area contributed by atoms with Crippen molar-refractivity contribution in [3.8, 4) is 11.6 Å². The lowest BCUT2D eigenvalue weighted by Crippen LogP contribution is -2.52. The van der Waals surface area contributed by atoms with Crippen LogP contribution in [0.4, 0.5) is 5.95 Å². The number of furan rings is 1. The fraction of sp³-hybridized carbons (Fsp3) is 0.333. The second kappa shape index (κ2) is 9.53. The van der Waals surface area contributed by atoms with Gasteiger partial charge in [-0.3, -0.25) is 9.59 Å². The lowest BCUT2D eigenvalue weighted by Gasteiger charge is -2.34. The van der Waals surface area contributed by atoms with E-state index in [4.69, 9.17) is 14.9 Å². The second-order valence-electron chi connectivity index (χ2n) is 9.91. The van der Waals surface area contributed by atoms with Gasteiger partial charge in [-0.1, -0.05) is 30.3 Å². The average molecular weight is 529 g/mol. The molecule has 0 spiro atoms. The summed E-state index contributed by atoms with van der Waals surface area (Å²) in [6.07, 6.45) is 5.84. The molecule has 0 radical (unpaired) electrons. The Morgan fingerprint density at radius 2 is 1.85 bits per heavy atom. The van der Waals surface area contributed by atoms with Gasteiger partial charge in [-0.25, -0.2) is 9.67 Å². The number of fused-ring (bicyclic) bond motifs is 3. The zero-order valence-corrected chi connectivity index (χ0v) is 21.6. The van der Waals surface area contributed by atoms with Crippen LogP contribution >= 0.6 is 0 Å². The molecule has 1 saturated carbocycles. The van der Waals surface area contributed by atoms with Gasteiger partial charge in [0.25, 0.3) is 5.91 Å². The van der Waals surface area contributed by atoms with E-state index in [0.717, 1.165) is 5.56 Å². The number of hydrogen-bond donors (Lipinski definition) is 2. The van der Waals surface area contributed by atoms with Crippen LogP contribution in [0.15, 0.2) is 59.3 Å². The monoisotopic (exact) mass is 528 g/mol. The molecule has 1 aliphatic rings. The number of nitrogens with zero attached hydrogens (tertiary/aromatic N) is 6. The Labute approximate surface area is 223 Å². The molecule has 0 bridgehead atoms. The number of ether oxygens (including phenoxy) is 1. The molecule has 12 nitrogen and oxygen atoms in total. The lowest BCUT2D eigenvalue weighted by molar-refractivity contribution is -0.148. The number of carbonyl (C=O) groups is 2. The first-order valence-corrected chi connectivity index (χ1v) is 12.8. The summed E-state index contributed by atoms with van der Waals surface area (Å²) in [5, 5.41) is 12.9. The van der Waals surface area contributed by atoms with E-state index < -0.39 is 5.54 Å². The SMILES string of the molecule is CC(=O)OC1CCC(NC(=O)C(C)(c2ccccc2)n2ncc3c2nc(N)n2nc(-c4ccco4)nc32)CC1. The Balaban J connectivity index is 1.39. The molecule has 200 valence electrons. The van der Waals surface area contributed by atoms with Crippen LogP contribution in [0.25, 0.3) is 28.3 Å². The molecule has 1 amide bonds. The Hall–Kier alpha value is -4.74. The summed E-state index contributed by atoms with van der Waals surface area (Å²) in [6.45, 7) is 3.23. The number of nitrogen functional groups attached to an aromatic ring is 1. The normalized spacial score (nSPS) is 19.1. The maximum Gasteiger partial charge on any atom is 0.302 e. The molecule has 1 aromatic carbocycles. The number of benzene rings is 1. The third-order valence-corrected chi connectivity index (χ3v) is 7.31. The standard InChI is InChI=1S/C27H28N8O4/c1-16(36)39-19-12-10-18(11-13-19)30-25(37)27(2,17-7-4-3-5-8-17)35-24-20(15-29-35)23-31-22(21-9-6-14-38-21)33-34(23)26(28)32-24/h3-9,14-15,18-19H,10-13H2,1-2H3,(H2,28,32)(H,30,37). The van der Waals surface area contributed by atoms with Crippen molar-refractivity contribution in [3.63, 3.8) is 0 Å². The average Bonchev–Trinajstić information content (AvgIpc) is 3.69. The number of aromatic nitrogens is 6. The van der Waals surface area contributed by atoms with E-state index in [-0.39, 0.29) is 30.0 Å². The number of nitrogens with two attached hydrogens (primary N) is 1. The summed E-state index contributed by atoms with van der Waals surface area (Å²) in [5.74, 6) is 0.448. The summed E-state index contributed by atoms with van der Waals surface area (Å²) in [4.78, 5) is 34.6. The van der Waals surface area contributed by atoms with Crippen molar-refractivity contribution in [3.05, 3.63) is 60.5 Å². The van der Waals surface area contributed by atoms with Gasteiger partial charge in [0.05, 0.1) is 17.8 Å². The highest BCUT2D eigenvalue weighted by molar-refractivity contribution is 5.94. The van der Waals surface area contributed by atoms with Crippen molar-refractivity contribution < 1.29 is 18.7 Å². The molecule has 5 aromatic rings. The maximum atomic E-state index is 14.1. The van der Waals surface area contributed by atoms with Gasteiger partial charge in [0, 0.05) is 13.0 Å². The lowest BCUT2D eigenvalue weighted by atomic mass is 9.88. The van der Waals surface area contributed by atoms with E-state index in [1.165, 1.54) is 11.4 Å². The molecule has 12 heteroatoms. The van der Waals surface area contributed by atoms with Crippen LogP contribution in [0.1, 0.15) is 45.1 Å². The number of anilines is 1. The molecular weight excluding hydrogens is 500 g/mol. The van der Waals surface area contributed by atoms with Crippen LogP contribution in [0.2, 0.25) is 0 Å². The van der Waals surface area contributed by atoms with E-state index in [0.29, 0.717) is 53.9 Å². The summed E-state index contributed by atoms with van der Waals surface area (Å²) in [5.41, 5.74) is 6.65. The fourth-order valence-corrected chi connectivity index (χ4v) is 5.24. The van der Waals surface area contributed by atoms with Gasteiger partial charge >= 0.3 is 5.97 Å². The summed E-state index contributed by atoms with van der Waals surface area (Å²) in [6, 6.07) is 12.9. The van der Waals surface area contributed by atoms with Crippen LogP contribution in [0.5, 0.6) is 0 Å². The number of esters is 1. The minimum Gasteiger partial charge on any atom is -0.463 e. The molecule has 0 saturated heterocycles. The molecule has 1 aliphatic carbocycles. The van der Waals surface area contributed by atoms with Crippen molar-refractivity contribution >= 4 is 34.5 Å². The molecule has 1 unspecified atom stereocenters. The van der Waals surface area contributed by atoms with Crippen LogP contribution in [0, 0.1) is 0 Å². The maximum absolute atomic E-state index is 14.1. The Morgan fingerprint density at radius 3 is 2.54 bits per heavy atom. The molecule has 4 heterocycles. The van der Waals surface area contributed by atoms with Crippen molar-refractivity contribution in [2.45, 2.75) is 57.2 Å². The number of rotatable bonds is 6.